The smallest absolute Gasteiger partial charge is 0.357 e. The summed E-state index contributed by atoms with van der Waals surface area (Å²) in [7, 11) is 0. The number of carboxylic acid groups (broad SMARTS) is 1. The minimum atomic E-state index is -1.17. The molecule has 0 unspecified atom stereocenters. The molecule has 2 saturated carbocycles. The molecule has 2 aliphatic carbocycles. The van der Waals surface area contributed by atoms with Gasteiger partial charge in [0, 0.05) is 28.6 Å². The Morgan fingerprint density at radius 1 is 1.27 bits per heavy atom. The summed E-state index contributed by atoms with van der Waals surface area (Å²) in [6, 6.07) is 5.00. The van der Waals surface area contributed by atoms with Crippen molar-refractivity contribution in [1.29, 1.82) is 0 Å². The van der Waals surface area contributed by atoms with E-state index in [-0.39, 0.29) is 46.6 Å². The van der Waals surface area contributed by atoms with Gasteiger partial charge in [0.15, 0.2) is 5.69 Å². The van der Waals surface area contributed by atoms with Gasteiger partial charge < -0.3 is 15.3 Å². The maximum Gasteiger partial charge on any atom is 0.357 e. The molecule has 3 heterocycles. The highest BCUT2D eigenvalue weighted by atomic mass is 35.5. The zero-order chi connectivity index (χ0) is 26.0. The zero-order valence-electron chi connectivity index (χ0n) is 20.0. The van der Waals surface area contributed by atoms with Crippen molar-refractivity contribution >= 4 is 40.3 Å². The van der Waals surface area contributed by atoms with Crippen molar-refractivity contribution in [2.45, 2.75) is 63.2 Å². The van der Waals surface area contributed by atoms with Crippen molar-refractivity contribution in [2.24, 2.45) is 5.92 Å². The third-order valence-corrected chi connectivity index (χ3v) is 7.93. The molecule has 6 rings (SSSR count). The number of rotatable bonds is 7. The summed E-state index contributed by atoms with van der Waals surface area (Å²) < 4.78 is 15.8. The third-order valence-electron chi connectivity index (χ3n) is 7.64. The number of aromatic nitrogens is 3. The van der Waals surface area contributed by atoms with Crippen LogP contribution in [0.25, 0.3) is 10.9 Å². The Hall–Kier alpha value is -3.53. The molecule has 9 nitrogen and oxygen atoms in total. The Bertz CT molecular complexity index is 1450. The maximum absolute atomic E-state index is 14.5. The van der Waals surface area contributed by atoms with Crippen LogP contribution in [-0.4, -0.2) is 54.6 Å². The second-order valence-corrected chi connectivity index (χ2v) is 10.6. The molecule has 2 N–H and O–H groups in total. The fraction of sp³-hybridized carbons (Fsp3) is 0.423. The first kappa shape index (κ1) is 23.8. The molecule has 3 fully saturated rings. The number of hydrogen-bond donors (Lipinski definition) is 2. The van der Waals surface area contributed by atoms with Crippen LogP contribution in [0.5, 0.6) is 0 Å². The standard InChI is InChI=1S/C26H25ClFN5O4/c1-12(15-3-2-4-17(27)23(15)28)30-25(35)20-8-14-7-19(14)33(20)22(34)11-32-21-10-29-18(13-5-6-13)9-16(21)24(31-32)26(36)37/h2-4,9-10,12-14,19-20H,5-8,11H2,1H3,(H,30,35)(H,36,37)/t12-,14-,19-,20+/m1/s1. The van der Waals surface area contributed by atoms with Gasteiger partial charge in [-0.05, 0) is 50.7 Å². The van der Waals surface area contributed by atoms with Gasteiger partial charge in [0.25, 0.3) is 0 Å². The number of hydrogen-bond acceptors (Lipinski definition) is 5. The van der Waals surface area contributed by atoms with E-state index in [0.29, 0.717) is 23.2 Å². The molecule has 192 valence electrons. The van der Waals surface area contributed by atoms with Crippen molar-refractivity contribution in [3.8, 4) is 0 Å². The Morgan fingerprint density at radius 2 is 2.05 bits per heavy atom. The van der Waals surface area contributed by atoms with Crippen molar-refractivity contribution in [3.63, 3.8) is 0 Å². The van der Waals surface area contributed by atoms with Crippen LogP contribution in [-0.2, 0) is 16.1 Å². The van der Waals surface area contributed by atoms with E-state index >= 15 is 0 Å². The minimum Gasteiger partial charge on any atom is -0.476 e. The van der Waals surface area contributed by atoms with E-state index < -0.39 is 23.9 Å². The summed E-state index contributed by atoms with van der Waals surface area (Å²) in [4.78, 5) is 44.6. The first-order valence-corrected chi connectivity index (χ1v) is 12.8. The third kappa shape index (κ3) is 4.22. The molecule has 4 atom stereocenters. The van der Waals surface area contributed by atoms with E-state index in [9.17, 15) is 23.9 Å². The van der Waals surface area contributed by atoms with Gasteiger partial charge in [-0.15, -0.1) is 0 Å². The SMILES string of the molecule is C[C@@H](NC(=O)[C@@H]1C[C@H]2C[C@H]2N1C(=O)Cn1nc(C(=O)O)c2cc(C3CC3)ncc21)c1cccc(Cl)c1F. The van der Waals surface area contributed by atoms with Crippen LogP contribution in [0.2, 0.25) is 5.02 Å². The summed E-state index contributed by atoms with van der Waals surface area (Å²) in [5.74, 6) is -1.86. The molecular weight excluding hydrogens is 501 g/mol. The zero-order valence-corrected chi connectivity index (χ0v) is 20.8. The molecule has 2 amide bonds. The van der Waals surface area contributed by atoms with Crippen LogP contribution in [0.3, 0.4) is 0 Å². The number of carbonyl (C=O) groups is 3. The summed E-state index contributed by atoms with van der Waals surface area (Å²) in [6.07, 6.45) is 4.97. The molecule has 0 bridgehead atoms. The summed E-state index contributed by atoms with van der Waals surface area (Å²) in [6.45, 7) is 1.46. The molecule has 3 aromatic rings. The largest absolute Gasteiger partial charge is 0.476 e. The van der Waals surface area contributed by atoms with Crippen LogP contribution >= 0.6 is 11.6 Å². The number of nitrogens with zero attached hydrogens (tertiary/aromatic N) is 4. The quantitative estimate of drug-likeness (QED) is 0.486. The first-order valence-electron chi connectivity index (χ1n) is 12.4. The highest BCUT2D eigenvalue weighted by Crippen LogP contribution is 2.48. The highest BCUT2D eigenvalue weighted by molar-refractivity contribution is 6.30. The normalized spacial score (nSPS) is 23.1. The minimum absolute atomic E-state index is 0.0246. The van der Waals surface area contributed by atoms with E-state index in [4.69, 9.17) is 11.6 Å². The van der Waals surface area contributed by atoms with E-state index in [2.05, 4.69) is 15.4 Å². The molecular formula is C26H25ClFN5O4. The fourth-order valence-corrected chi connectivity index (χ4v) is 5.65. The number of benzene rings is 1. The number of piperidine rings is 1. The lowest BCUT2D eigenvalue weighted by Gasteiger charge is -2.28. The van der Waals surface area contributed by atoms with E-state index in [1.54, 1.807) is 36.2 Å². The Morgan fingerprint density at radius 3 is 2.78 bits per heavy atom. The lowest BCUT2D eigenvalue weighted by atomic mass is 10.1. The van der Waals surface area contributed by atoms with Gasteiger partial charge in [0.2, 0.25) is 11.8 Å². The highest BCUT2D eigenvalue weighted by Gasteiger charge is 2.56. The molecule has 2 aromatic heterocycles. The van der Waals surface area contributed by atoms with Crippen molar-refractivity contribution < 1.29 is 23.9 Å². The average molecular weight is 526 g/mol. The van der Waals surface area contributed by atoms with Gasteiger partial charge in [-0.2, -0.15) is 5.10 Å². The molecule has 11 heteroatoms. The van der Waals surface area contributed by atoms with Crippen LogP contribution in [0.1, 0.15) is 66.3 Å². The molecule has 1 saturated heterocycles. The summed E-state index contributed by atoms with van der Waals surface area (Å²) in [5, 5.41) is 17.2. The van der Waals surface area contributed by atoms with Gasteiger partial charge >= 0.3 is 5.97 Å². The molecule has 1 aromatic carbocycles. The number of aromatic carboxylic acids is 1. The Kier molecular flexibility index (Phi) is 5.67. The average Bonchev–Trinajstić information content (AvgIpc) is 3.79. The number of pyridine rings is 1. The molecule has 1 aliphatic heterocycles. The Labute approximate surface area is 216 Å². The van der Waals surface area contributed by atoms with Gasteiger partial charge in [-0.1, -0.05) is 23.7 Å². The van der Waals surface area contributed by atoms with Gasteiger partial charge in [-0.3, -0.25) is 19.3 Å². The maximum atomic E-state index is 14.5. The van der Waals surface area contributed by atoms with Crippen molar-refractivity contribution in [1.82, 2.24) is 25.0 Å². The number of nitrogens with one attached hydrogen (secondary N) is 1. The monoisotopic (exact) mass is 525 g/mol. The van der Waals surface area contributed by atoms with Gasteiger partial charge in [-0.25, -0.2) is 9.18 Å². The fourth-order valence-electron chi connectivity index (χ4n) is 5.47. The molecule has 0 spiro atoms. The van der Waals surface area contributed by atoms with E-state index in [0.717, 1.165) is 25.0 Å². The van der Waals surface area contributed by atoms with Crippen molar-refractivity contribution in [3.05, 3.63) is 58.3 Å². The number of amides is 2. The number of carboxylic acids is 1. The molecule has 3 aliphatic rings. The van der Waals surface area contributed by atoms with Crippen LogP contribution in [0.15, 0.2) is 30.5 Å². The van der Waals surface area contributed by atoms with E-state index in [1.807, 2.05) is 0 Å². The van der Waals surface area contributed by atoms with Gasteiger partial charge in [0.05, 0.1) is 22.8 Å². The lowest BCUT2D eigenvalue weighted by molar-refractivity contribution is -0.140. The second-order valence-electron chi connectivity index (χ2n) is 10.2. The first-order chi connectivity index (χ1) is 17.7. The predicted octanol–water partition coefficient (Wildman–Crippen LogP) is 3.67. The number of likely N-dealkylation sites (tertiary alicyclic amines) is 1. The topological polar surface area (TPSA) is 117 Å². The predicted molar refractivity (Wildman–Crippen MR) is 132 cm³/mol. The molecule has 37 heavy (non-hydrogen) atoms. The van der Waals surface area contributed by atoms with Crippen molar-refractivity contribution in [2.75, 3.05) is 0 Å². The molecule has 0 radical (unpaired) electrons. The lowest BCUT2D eigenvalue weighted by Crippen LogP contribution is -2.49. The second kappa shape index (κ2) is 8.79. The van der Waals surface area contributed by atoms with Crippen LogP contribution in [0, 0.1) is 11.7 Å². The van der Waals surface area contributed by atoms with Crippen LogP contribution in [0.4, 0.5) is 4.39 Å². The van der Waals surface area contributed by atoms with E-state index in [1.165, 1.54) is 10.7 Å². The number of carbonyl (C=O) groups excluding carboxylic acids is 2. The number of halogens is 2. The van der Waals surface area contributed by atoms with Crippen LogP contribution < -0.4 is 5.32 Å². The Balaban J connectivity index is 1.22. The number of fused-ring (bicyclic) bond motifs is 2. The summed E-state index contributed by atoms with van der Waals surface area (Å²) in [5.41, 5.74) is 1.45. The summed E-state index contributed by atoms with van der Waals surface area (Å²) >= 11 is 5.89. The van der Waals surface area contributed by atoms with Gasteiger partial charge in [0.1, 0.15) is 18.4 Å².